The van der Waals surface area contributed by atoms with Gasteiger partial charge in [0.05, 0.1) is 18.8 Å². The molecule has 4 heteroatoms. The van der Waals surface area contributed by atoms with Crippen molar-refractivity contribution in [2.24, 2.45) is 0 Å². The normalized spacial score (nSPS) is 13.6. The second-order valence-corrected chi connectivity index (χ2v) is 19.3. The van der Waals surface area contributed by atoms with E-state index in [-0.39, 0.29) is 12.5 Å². The van der Waals surface area contributed by atoms with E-state index in [1.54, 1.807) is 6.08 Å². The minimum atomic E-state index is -0.862. The smallest absolute Gasteiger partial charge is 0.220 e. The molecule has 0 rings (SSSR count). The van der Waals surface area contributed by atoms with Crippen LogP contribution in [0.2, 0.25) is 0 Å². The molecule has 386 valence electrons. The summed E-state index contributed by atoms with van der Waals surface area (Å²) in [5.41, 5.74) is 0. The fourth-order valence-corrected chi connectivity index (χ4v) is 8.45. The van der Waals surface area contributed by atoms with Crippen LogP contribution in [0.4, 0.5) is 0 Å². The Labute approximate surface area is 417 Å². The van der Waals surface area contributed by atoms with Crippen LogP contribution in [0.1, 0.15) is 277 Å². The first-order valence-corrected chi connectivity index (χ1v) is 29.0. The van der Waals surface area contributed by atoms with E-state index in [4.69, 9.17) is 0 Å². The summed E-state index contributed by atoms with van der Waals surface area (Å²) in [6, 6.07) is -0.649. The monoisotopic (exact) mass is 930 g/mol. The minimum Gasteiger partial charge on any atom is -0.394 e. The Morgan fingerprint density at radius 3 is 0.985 bits per heavy atom. The number of unbranched alkanes of at least 4 members (excludes halogenated alkanes) is 31. The number of rotatable bonds is 52. The lowest BCUT2D eigenvalue weighted by molar-refractivity contribution is -0.123. The molecule has 2 unspecified atom stereocenters. The van der Waals surface area contributed by atoms with Crippen molar-refractivity contribution in [1.29, 1.82) is 0 Å². The number of aliphatic hydroxyl groups excluding tert-OH is 2. The van der Waals surface area contributed by atoms with Crippen LogP contribution in [0.15, 0.2) is 97.2 Å². The van der Waals surface area contributed by atoms with Gasteiger partial charge in [0.1, 0.15) is 0 Å². The van der Waals surface area contributed by atoms with E-state index in [0.29, 0.717) is 6.42 Å². The number of carbonyl (C=O) groups is 1. The van der Waals surface area contributed by atoms with Gasteiger partial charge in [0, 0.05) is 6.42 Å². The molecule has 67 heavy (non-hydrogen) atoms. The van der Waals surface area contributed by atoms with Crippen molar-refractivity contribution in [3.8, 4) is 0 Å². The molecular formula is C63H111NO3. The van der Waals surface area contributed by atoms with E-state index in [0.717, 1.165) is 83.5 Å². The minimum absolute atomic E-state index is 0.0968. The molecule has 0 aliphatic rings. The van der Waals surface area contributed by atoms with Crippen molar-refractivity contribution in [3.05, 3.63) is 97.2 Å². The summed E-state index contributed by atoms with van der Waals surface area (Å²) >= 11 is 0. The molecule has 0 heterocycles. The van der Waals surface area contributed by atoms with Gasteiger partial charge in [-0.15, -0.1) is 0 Å². The average Bonchev–Trinajstić information content (AvgIpc) is 3.33. The van der Waals surface area contributed by atoms with Crippen LogP contribution in [0, 0.1) is 0 Å². The van der Waals surface area contributed by atoms with Crippen LogP contribution in [-0.2, 0) is 4.79 Å². The predicted molar refractivity (Wildman–Crippen MR) is 299 cm³/mol. The van der Waals surface area contributed by atoms with Crippen molar-refractivity contribution in [2.45, 2.75) is 289 Å². The van der Waals surface area contributed by atoms with E-state index >= 15 is 0 Å². The zero-order chi connectivity index (χ0) is 48.5. The molecule has 0 bridgehead atoms. The molecule has 4 nitrogen and oxygen atoms in total. The molecule has 2 atom stereocenters. The van der Waals surface area contributed by atoms with E-state index in [1.807, 2.05) is 6.08 Å². The van der Waals surface area contributed by atoms with Crippen LogP contribution in [0.5, 0.6) is 0 Å². The van der Waals surface area contributed by atoms with Gasteiger partial charge in [-0.2, -0.15) is 0 Å². The summed E-state index contributed by atoms with van der Waals surface area (Å²) in [4.78, 5) is 12.5. The zero-order valence-corrected chi connectivity index (χ0v) is 44.4. The lowest BCUT2D eigenvalue weighted by Crippen LogP contribution is -2.45. The first kappa shape index (κ1) is 64.3. The second kappa shape index (κ2) is 57.6. The highest BCUT2D eigenvalue weighted by Gasteiger charge is 2.18. The van der Waals surface area contributed by atoms with Crippen LogP contribution in [0.3, 0.4) is 0 Å². The van der Waals surface area contributed by atoms with Gasteiger partial charge in [-0.3, -0.25) is 4.79 Å². The third-order valence-corrected chi connectivity index (χ3v) is 12.8. The molecule has 0 aromatic heterocycles. The topological polar surface area (TPSA) is 69.6 Å². The van der Waals surface area contributed by atoms with Crippen LogP contribution >= 0.6 is 0 Å². The number of amides is 1. The maximum Gasteiger partial charge on any atom is 0.220 e. The number of hydrogen-bond donors (Lipinski definition) is 3. The molecule has 0 fully saturated rings. The van der Waals surface area contributed by atoms with Crippen LogP contribution in [0.25, 0.3) is 0 Å². The second-order valence-electron chi connectivity index (χ2n) is 19.3. The van der Waals surface area contributed by atoms with E-state index in [9.17, 15) is 15.0 Å². The van der Waals surface area contributed by atoms with Gasteiger partial charge in [0.25, 0.3) is 0 Å². The number of hydrogen-bond acceptors (Lipinski definition) is 3. The number of nitrogens with one attached hydrogen (secondary N) is 1. The fraction of sp³-hybridized carbons (Fsp3) is 0.730. The Kier molecular flexibility index (Phi) is 55.3. The summed E-state index contributed by atoms with van der Waals surface area (Å²) in [5, 5.41) is 23.2. The van der Waals surface area contributed by atoms with Gasteiger partial charge >= 0.3 is 0 Å². The summed E-state index contributed by atoms with van der Waals surface area (Å²) in [7, 11) is 0. The summed E-state index contributed by atoms with van der Waals surface area (Å²) in [6.07, 6.45) is 85.7. The van der Waals surface area contributed by atoms with Crippen LogP contribution in [-0.4, -0.2) is 34.9 Å². The Balaban J connectivity index is 3.58. The van der Waals surface area contributed by atoms with Gasteiger partial charge in [0.2, 0.25) is 5.91 Å². The van der Waals surface area contributed by atoms with Crippen LogP contribution < -0.4 is 5.32 Å². The third-order valence-electron chi connectivity index (χ3n) is 12.8. The van der Waals surface area contributed by atoms with E-state index < -0.39 is 12.1 Å². The predicted octanol–water partition coefficient (Wildman–Crippen LogP) is 19.3. The highest BCUT2D eigenvalue weighted by molar-refractivity contribution is 5.76. The number of aliphatic hydroxyl groups is 2. The number of carbonyl (C=O) groups excluding carboxylic acids is 1. The molecule has 3 N–H and O–H groups in total. The van der Waals surface area contributed by atoms with Crippen molar-refractivity contribution in [3.63, 3.8) is 0 Å². The lowest BCUT2D eigenvalue weighted by Gasteiger charge is -2.19. The molecule has 0 aromatic carbocycles. The van der Waals surface area contributed by atoms with Gasteiger partial charge < -0.3 is 15.5 Å². The maximum atomic E-state index is 12.5. The van der Waals surface area contributed by atoms with Crippen molar-refractivity contribution in [1.82, 2.24) is 5.32 Å². The molecule has 0 aliphatic heterocycles. The molecule has 0 aromatic rings. The highest BCUT2D eigenvalue weighted by atomic mass is 16.3. The standard InChI is InChI=1S/C63H111NO3/c1-3-5-7-9-11-13-15-17-19-21-23-25-27-29-30-31-32-33-35-36-38-40-42-44-46-48-50-52-54-56-58-62(66)61(60-65)64-63(67)59-57-55-53-51-49-47-45-43-41-39-37-34-28-26-24-22-20-18-16-14-12-10-8-6-4-2/h6,8,12,14,18,20,24,26,34,37,41,43,47,49,56,58,61-62,65-66H,3-5,7,9-11,13,15-17,19,21-23,25,27-33,35-36,38-40,42,44-46,48,50-55,57,59-60H2,1-2H3,(H,64,67)/b8-6-,14-12-,20-18-,26-24-,37-34-,43-41-,49-47-,58-56+. The third kappa shape index (κ3) is 54.1. The Bertz CT molecular complexity index is 1240. The Hall–Kier alpha value is -2.69. The fourth-order valence-electron chi connectivity index (χ4n) is 8.45. The van der Waals surface area contributed by atoms with Crippen molar-refractivity contribution < 1.29 is 15.0 Å². The lowest BCUT2D eigenvalue weighted by atomic mass is 10.0. The molecule has 1 amide bonds. The van der Waals surface area contributed by atoms with Crippen molar-refractivity contribution in [2.75, 3.05) is 6.61 Å². The molecular weight excluding hydrogens is 819 g/mol. The molecule has 0 radical (unpaired) electrons. The zero-order valence-electron chi connectivity index (χ0n) is 44.4. The molecule has 0 spiro atoms. The number of allylic oxidation sites excluding steroid dienone is 15. The highest BCUT2D eigenvalue weighted by Crippen LogP contribution is 2.17. The molecule has 0 aliphatic carbocycles. The summed E-state index contributed by atoms with van der Waals surface area (Å²) < 4.78 is 0. The summed E-state index contributed by atoms with van der Waals surface area (Å²) in [5.74, 6) is -0.0968. The van der Waals surface area contributed by atoms with E-state index in [1.165, 1.54) is 173 Å². The first-order valence-electron chi connectivity index (χ1n) is 29.0. The van der Waals surface area contributed by atoms with Gasteiger partial charge in [-0.1, -0.05) is 291 Å². The molecule has 0 saturated heterocycles. The Morgan fingerprint density at radius 2 is 0.657 bits per heavy atom. The maximum absolute atomic E-state index is 12.5. The first-order chi connectivity index (χ1) is 33.2. The van der Waals surface area contributed by atoms with Gasteiger partial charge in [-0.05, 0) is 77.0 Å². The summed E-state index contributed by atoms with van der Waals surface area (Å²) in [6.45, 7) is 4.20. The van der Waals surface area contributed by atoms with E-state index in [2.05, 4.69) is 104 Å². The SMILES string of the molecule is CC/C=C\C/C=C\C/C=C\C/C=C\C/C=C\C/C=C\C/C=C\CCCCCC(=O)NC(CO)C(O)/C=C/CCCCCCCCCCCCCCCCCCCCCCCCCCCCCC. The largest absolute Gasteiger partial charge is 0.394 e. The quantitative estimate of drug-likeness (QED) is 0.0420. The van der Waals surface area contributed by atoms with Gasteiger partial charge in [-0.25, -0.2) is 0 Å². The van der Waals surface area contributed by atoms with Crippen molar-refractivity contribution >= 4 is 5.91 Å². The Morgan fingerprint density at radius 1 is 0.373 bits per heavy atom. The average molecular weight is 931 g/mol. The molecule has 0 saturated carbocycles. The van der Waals surface area contributed by atoms with Gasteiger partial charge in [0.15, 0.2) is 0 Å².